The molecule has 3 N–H and O–H groups in total. The summed E-state index contributed by atoms with van der Waals surface area (Å²) < 4.78 is 5.73. The van der Waals surface area contributed by atoms with Crippen LogP contribution in [0.4, 0.5) is 10.5 Å². The predicted octanol–water partition coefficient (Wildman–Crippen LogP) is 2.14. The Labute approximate surface area is 135 Å². The molecule has 1 aromatic carbocycles. The van der Waals surface area contributed by atoms with Crippen LogP contribution in [-0.4, -0.2) is 37.6 Å². The molecular formula is C17H20N4O2. The number of hydrogen-bond acceptors (Lipinski definition) is 4. The van der Waals surface area contributed by atoms with Gasteiger partial charge in [0, 0.05) is 23.7 Å². The van der Waals surface area contributed by atoms with Crippen molar-refractivity contribution in [3.05, 3.63) is 29.8 Å². The zero-order chi connectivity index (χ0) is 15.6. The Hall–Kier alpha value is -2.50. The van der Waals surface area contributed by atoms with Gasteiger partial charge >= 0.3 is 6.03 Å². The van der Waals surface area contributed by atoms with Gasteiger partial charge in [-0.1, -0.05) is 6.08 Å². The standard InChI is InChI=1S/C17H20N4O2/c22-17(20-12-1-2-12)21-13-3-4-16-15(8-13)11(5-6-23-16)7-14-9-18-10-19-14/h3-4,7-8,10,12,14H,1-2,5-6,9H2,(H,18,19)(H2,20,21,22)/b11-7+. The molecule has 1 atom stereocenters. The maximum atomic E-state index is 11.9. The van der Waals surface area contributed by atoms with Gasteiger partial charge in [0.15, 0.2) is 0 Å². The van der Waals surface area contributed by atoms with Crippen molar-refractivity contribution in [2.45, 2.75) is 31.3 Å². The van der Waals surface area contributed by atoms with Crippen molar-refractivity contribution in [1.29, 1.82) is 0 Å². The molecular weight excluding hydrogens is 292 g/mol. The first-order valence-electron chi connectivity index (χ1n) is 8.08. The van der Waals surface area contributed by atoms with E-state index in [1.165, 1.54) is 5.57 Å². The van der Waals surface area contributed by atoms with Crippen LogP contribution in [0.1, 0.15) is 24.8 Å². The smallest absolute Gasteiger partial charge is 0.319 e. The molecule has 6 heteroatoms. The summed E-state index contributed by atoms with van der Waals surface area (Å²) in [5.41, 5.74) is 3.07. The highest BCUT2D eigenvalue weighted by Crippen LogP contribution is 2.35. The highest BCUT2D eigenvalue weighted by molar-refractivity contribution is 5.90. The Morgan fingerprint density at radius 1 is 1.39 bits per heavy atom. The summed E-state index contributed by atoms with van der Waals surface area (Å²) in [5, 5.41) is 9.06. The number of amides is 2. The minimum atomic E-state index is -0.138. The number of aliphatic imine (C=N–C) groups is 1. The Bertz CT molecular complexity index is 671. The van der Waals surface area contributed by atoms with Crippen molar-refractivity contribution in [3.8, 4) is 5.75 Å². The van der Waals surface area contributed by atoms with Gasteiger partial charge in [-0.25, -0.2) is 4.79 Å². The number of urea groups is 1. The first-order valence-corrected chi connectivity index (χ1v) is 8.08. The molecule has 3 aliphatic rings. The van der Waals surface area contributed by atoms with Crippen molar-refractivity contribution < 1.29 is 9.53 Å². The summed E-state index contributed by atoms with van der Waals surface area (Å²) in [5.74, 6) is 0.870. The molecule has 120 valence electrons. The maximum absolute atomic E-state index is 11.9. The normalized spacial score (nSPS) is 23.8. The third kappa shape index (κ3) is 3.31. The first kappa shape index (κ1) is 14.1. The van der Waals surface area contributed by atoms with E-state index in [1.807, 2.05) is 18.2 Å². The molecule has 0 bridgehead atoms. The number of benzene rings is 1. The van der Waals surface area contributed by atoms with Crippen LogP contribution < -0.4 is 20.7 Å². The van der Waals surface area contributed by atoms with Crippen LogP contribution in [0.5, 0.6) is 5.75 Å². The Balaban J connectivity index is 1.53. The van der Waals surface area contributed by atoms with Crippen LogP contribution in [0.3, 0.4) is 0 Å². The Morgan fingerprint density at radius 3 is 3.09 bits per heavy atom. The number of anilines is 1. The van der Waals surface area contributed by atoms with Gasteiger partial charge in [0.05, 0.1) is 25.5 Å². The summed E-state index contributed by atoms with van der Waals surface area (Å²) >= 11 is 0. The summed E-state index contributed by atoms with van der Waals surface area (Å²) in [6.45, 7) is 1.45. The SMILES string of the molecule is O=C(Nc1ccc2c(c1)/C(=C/C1CN=CN1)CCO2)NC1CC1. The van der Waals surface area contributed by atoms with E-state index in [0.29, 0.717) is 12.6 Å². The molecule has 1 saturated carbocycles. The van der Waals surface area contributed by atoms with E-state index in [9.17, 15) is 4.79 Å². The quantitative estimate of drug-likeness (QED) is 0.800. The number of ether oxygens (including phenoxy) is 1. The van der Waals surface area contributed by atoms with Crippen molar-refractivity contribution >= 4 is 23.6 Å². The molecule has 2 heterocycles. The minimum Gasteiger partial charge on any atom is -0.493 e. The number of carbonyl (C=O) groups excluding carboxylic acids is 1. The molecule has 1 aliphatic carbocycles. The van der Waals surface area contributed by atoms with E-state index in [-0.39, 0.29) is 12.1 Å². The molecule has 2 aliphatic heterocycles. The fraction of sp³-hybridized carbons (Fsp3) is 0.412. The van der Waals surface area contributed by atoms with Crippen molar-refractivity contribution in [3.63, 3.8) is 0 Å². The van der Waals surface area contributed by atoms with E-state index >= 15 is 0 Å². The second-order valence-corrected chi connectivity index (χ2v) is 6.14. The van der Waals surface area contributed by atoms with Crippen LogP contribution in [0.2, 0.25) is 0 Å². The van der Waals surface area contributed by atoms with Crippen LogP contribution in [0, 0.1) is 0 Å². The monoisotopic (exact) mass is 312 g/mol. The molecule has 0 spiro atoms. The van der Waals surface area contributed by atoms with Gasteiger partial charge in [0.1, 0.15) is 5.75 Å². The molecule has 0 radical (unpaired) electrons. The molecule has 23 heavy (non-hydrogen) atoms. The summed E-state index contributed by atoms with van der Waals surface area (Å²) in [4.78, 5) is 16.1. The number of carbonyl (C=O) groups is 1. The lowest BCUT2D eigenvalue weighted by Crippen LogP contribution is -2.30. The van der Waals surface area contributed by atoms with Crippen molar-refractivity contribution in [2.24, 2.45) is 4.99 Å². The molecule has 0 aromatic heterocycles. The van der Waals surface area contributed by atoms with Crippen molar-refractivity contribution in [2.75, 3.05) is 18.5 Å². The number of nitrogens with zero attached hydrogens (tertiary/aromatic N) is 1. The maximum Gasteiger partial charge on any atom is 0.319 e. The average molecular weight is 312 g/mol. The fourth-order valence-electron chi connectivity index (χ4n) is 2.85. The van der Waals surface area contributed by atoms with Crippen LogP contribution >= 0.6 is 0 Å². The highest BCUT2D eigenvalue weighted by atomic mass is 16.5. The Morgan fingerprint density at radius 2 is 2.30 bits per heavy atom. The largest absolute Gasteiger partial charge is 0.493 e. The molecule has 0 saturated heterocycles. The molecule has 4 rings (SSSR count). The van der Waals surface area contributed by atoms with Gasteiger partial charge in [0.25, 0.3) is 0 Å². The zero-order valence-electron chi connectivity index (χ0n) is 12.8. The molecule has 2 amide bonds. The first-order chi connectivity index (χ1) is 11.3. The number of hydrogen-bond donors (Lipinski definition) is 3. The Kier molecular flexibility index (Phi) is 3.65. The van der Waals surface area contributed by atoms with Gasteiger partial charge in [-0.05, 0) is 36.6 Å². The van der Waals surface area contributed by atoms with E-state index < -0.39 is 0 Å². The lowest BCUT2D eigenvalue weighted by Gasteiger charge is -2.22. The number of rotatable bonds is 3. The van der Waals surface area contributed by atoms with Crippen LogP contribution in [0.15, 0.2) is 29.3 Å². The highest BCUT2D eigenvalue weighted by Gasteiger charge is 2.23. The summed E-state index contributed by atoms with van der Waals surface area (Å²) in [6.07, 6.45) is 6.98. The van der Waals surface area contributed by atoms with E-state index in [1.54, 1.807) is 6.34 Å². The van der Waals surface area contributed by atoms with Gasteiger partial charge in [0.2, 0.25) is 0 Å². The number of nitrogens with one attached hydrogen (secondary N) is 3. The van der Waals surface area contributed by atoms with Crippen molar-refractivity contribution in [1.82, 2.24) is 10.6 Å². The zero-order valence-corrected chi connectivity index (χ0v) is 12.8. The van der Waals surface area contributed by atoms with E-state index in [4.69, 9.17) is 4.74 Å². The third-order valence-corrected chi connectivity index (χ3v) is 4.21. The average Bonchev–Trinajstić information content (AvgIpc) is 3.20. The van der Waals surface area contributed by atoms with Crippen LogP contribution in [-0.2, 0) is 0 Å². The fourth-order valence-corrected chi connectivity index (χ4v) is 2.85. The lowest BCUT2D eigenvalue weighted by molar-refractivity contribution is 0.251. The number of fused-ring (bicyclic) bond motifs is 1. The molecule has 1 fully saturated rings. The van der Waals surface area contributed by atoms with Gasteiger partial charge < -0.3 is 20.7 Å². The topological polar surface area (TPSA) is 74.8 Å². The molecule has 6 nitrogen and oxygen atoms in total. The van der Waals surface area contributed by atoms with Gasteiger partial charge in [-0.2, -0.15) is 0 Å². The molecule has 1 aromatic rings. The van der Waals surface area contributed by atoms with Crippen LogP contribution in [0.25, 0.3) is 5.57 Å². The second-order valence-electron chi connectivity index (χ2n) is 6.14. The lowest BCUT2D eigenvalue weighted by atomic mass is 9.97. The summed E-state index contributed by atoms with van der Waals surface area (Å²) in [6, 6.07) is 6.24. The van der Waals surface area contributed by atoms with Gasteiger partial charge in [-0.15, -0.1) is 0 Å². The summed E-state index contributed by atoms with van der Waals surface area (Å²) in [7, 11) is 0. The van der Waals surface area contributed by atoms with E-state index in [2.05, 4.69) is 27.0 Å². The predicted molar refractivity (Wildman–Crippen MR) is 90.0 cm³/mol. The molecule has 1 unspecified atom stereocenters. The second kappa shape index (κ2) is 5.95. The minimum absolute atomic E-state index is 0.138. The van der Waals surface area contributed by atoms with Gasteiger partial charge in [-0.3, -0.25) is 4.99 Å². The third-order valence-electron chi connectivity index (χ3n) is 4.21. The van der Waals surface area contributed by atoms with E-state index in [0.717, 1.165) is 42.8 Å².